The van der Waals surface area contributed by atoms with Crippen molar-refractivity contribution in [3.05, 3.63) is 47.7 Å². The van der Waals surface area contributed by atoms with E-state index in [0.29, 0.717) is 44.0 Å². The molecule has 3 aromatic rings. The molecular weight excluding hydrogens is 416 g/mol. The van der Waals surface area contributed by atoms with Crippen LogP contribution in [0.5, 0.6) is 0 Å². The maximum atomic E-state index is 12.5. The zero-order valence-electron chi connectivity index (χ0n) is 19.7. The van der Waals surface area contributed by atoms with Crippen molar-refractivity contribution in [3.8, 4) is 17.4 Å². The summed E-state index contributed by atoms with van der Waals surface area (Å²) < 4.78 is 11.2. The number of carbonyl (C=O) groups excluding carboxylic acids is 1. The second kappa shape index (κ2) is 9.63. The molecule has 4 rings (SSSR count). The number of amides is 1. The highest BCUT2D eigenvalue weighted by atomic mass is 16.5. The van der Waals surface area contributed by atoms with E-state index < -0.39 is 0 Å². The standard InChI is InChI=1S/C26H30N4O3/c1-17(2)25-21(23-14-19-7-5-6-8-22(19)33-23)13-20(15-27)26(28-25)29-10-11-30(18(3)16-29)24(31)9-12-32-4/h5-8,13-14,17-18H,9-12,16H2,1-4H3/t18-/m1/s1. The molecule has 1 aromatic carbocycles. The van der Waals surface area contributed by atoms with Crippen LogP contribution >= 0.6 is 0 Å². The lowest BCUT2D eigenvalue weighted by Gasteiger charge is -2.41. The number of hydrogen-bond donors (Lipinski definition) is 0. The minimum atomic E-state index is 0.0222. The maximum absolute atomic E-state index is 12.5. The first-order valence-corrected chi connectivity index (χ1v) is 11.4. The Labute approximate surface area is 194 Å². The van der Waals surface area contributed by atoms with Gasteiger partial charge in [-0.1, -0.05) is 32.0 Å². The number of nitriles is 1. The molecule has 1 aliphatic heterocycles. The molecule has 1 amide bonds. The van der Waals surface area contributed by atoms with Crippen LogP contribution in [0.15, 0.2) is 40.8 Å². The van der Waals surface area contributed by atoms with Crippen LogP contribution in [-0.2, 0) is 9.53 Å². The highest BCUT2D eigenvalue weighted by molar-refractivity contribution is 5.84. The van der Waals surface area contributed by atoms with Gasteiger partial charge in [0.1, 0.15) is 23.2 Å². The van der Waals surface area contributed by atoms with Gasteiger partial charge in [-0.05, 0) is 31.0 Å². The molecule has 0 unspecified atom stereocenters. The molecule has 0 radical (unpaired) electrons. The number of ether oxygens (including phenoxy) is 1. The molecule has 2 aromatic heterocycles. The molecule has 1 atom stereocenters. The number of fused-ring (bicyclic) bond motifs is 1. The van der Waals surface area contributed by atoms with Crippen molar-refractivity contribution in [1.29, 1.82) is 5.26 Å². The average Bonchev–Trinajstić information content (AvgIpc) is 3.25. The normalized spacial score (nSPS) is 16.4. The molecule has 0 bridgehead atoms. The Morgan fingerprint density at radius 3 is 2.76 bits per heavy atom. The zero-order chi connectivity index (χ0) is 23.5. The third-order valence-corrected chi connectivity index (χ3v) is 6.16. The van der Waals surface area contributed by atoms with Crippen LogP contribution in [-0.4, -0.2) is 55.2 Å². The van der Waals surface area contributed by atoms with E-state index in [2.05, 4.69) is 24.8 Å². The number of rotatable bonds is 6. The Balaban J connectivity index is 1.67. The van der Waals surface area contributed by atoms with Crippen LogP contribution in [0.3, 0.4) is 0 Å². The Bertz CT molecular complexity index is 1160. The van der Waals surface area contributed by atoms with E-state index in [0.717, 1.165) is 28.0 Å². The fourth-order valence-electron chi connectivity index (χ4n) is 4.45. The first-order chi connectivity index (χ1) is 15.9. The van der Waals surface area contributed by atoms with Crippen molar-refractivity contribution in [2.24, 2.45) is 0 Å². The van der Waals surface area contributed by atoms with Crippen LogP contribution in [0.1, 0.15) is 44.4 Å². The van der Waals surface area contributed by atoms with E-state index in [4.69, 9.17) is 14.1 Å². The molecule has 0 N–H and O–H groups in total. The summed E-state index contributed by atoms with van der Waals surface area (Å²) in [5.41, 5.74) is 3.08. The molecule has 0 spiro atoms. The van der Waals surface area contributed by atoms with Gasteiger partial charge in [0, 0.05) is 43.7 Å². The Hall–Kier alpha value is -3.37. The highest BCUT2D eigenvalue weighted by Crippen LogP contribution is 2.36. The quantitative estimate of drug-likeness (QED) is 0.552. The van der Waals surface area contributed by atoms with Crippen LogP contribution in [0.4, 0.5) is 5.82 Å². The molecule has 172 valence electrons. The summed E-state index contributed by atoms with van der Waals surface area (Å²) in [4.78, 5) is 21.5. The summed E-state index contributed by atoms with van der Waals surface area (Å²) >= 11 is 0. The van der Waals surface area contributed by atoms with Crippen LogP contribution in [0.25, 0.3) is 22.3 Å². The molecule has 7 nitrogen and oxygen atoms in total. The van der Waals surface area contributed by atoms with Crippen molar-refractivity contribution in [2.75, 3.05) is 38.3 Å². The minimum absolute atomic E-state index is 0.0222. The lowest BCUT2D eigenvalue weighted by molar-refractivity contribution is -0.134. The fourth-order valence-corrected chi connectivity index (χ4v) is 4.45. The van der Waals surface area contributed by atoms with Crippen molar-refractivity contribution < 1.29 is 13.9 Å². The number of methoxy groups -OCH3 is 1. The van der Waals surface area contributed by atoms with E-state index in [1.165, 1.54) is 0 Å². The van der Waals surface area contributed by atoms with Gasteiger partial charge in [0.15, 0.2) is 0 Å². The highest BCUT2D eigenvalue weighted by Gasteiger charge is 2.30. The van der Waals surface area contributed by atoms with E-state index in [1.807, 2.05) is 48.2 Å². The molecule has 0 aliphatic carbocycles. The van der Waals surface area contributed by atoms with Gasteiger partial charge in [0.05, 0.1) is 24.3 Å². The van der Waals surface area contributed by atoms with E-state index in [1.54, 1.807) is 7.11 Å². The third kappa shape index (κ3) is 4.57. The fraction of sp³-hybridized carbons (Fsp3) is 0.423. The lowest BCUT2D eigenvalue weighted by Crippen LogP contribution is -2.54. The number of benzene rings is 1. The van der Waals surface area contributed by atoms with Crippen molar-refractivity contribution in [1.82, 2.24) is 9.88 Å². The second-order valence-electron chi connectivity index (χ2n) is 8.83. The van der Waals surface area contributed by atoms with Gasteiger partial charge in [-0.3, -0.25) is 4.79 Å². The van der Waals surface area contributed by atoms with Gasteiger partial charge in [-0.25, -0.2) is 4.98 Å². The van der Waals surface area contributed by atoms with Gasteiger partial charge in [-0.15, -0.1) is 0 Å². The summed E-state index contributed by atoms with van der Waals surface area (Å²) in [6.07, 6.45) is 0.381. The summed E-state index contributed by atoms with van der Waals surface area (Å²) in [5, 5.41) is 11.0. The van der Waals surface area contributed by atoms with Gasteiger partial charge in [0.25, 0.3) is 0 Å². The molecule has 33 heavy (non-hydrogen) atoms. The first kappa shape index (κ1) is 22.8. The van der Waals surface area contributed by atoms with Crippen molar-refractivity contribution in [2.45, 2.75) is 39.2 Å². The summed E-state index contributed by atoms with van der Waals surface area (Å²) in [7, 11) is 1.60. The van der Waals surface area contributed by atoms with Crippen LogP contribution in [0.2, 0.25) is 0 Å². The molecule has 1 saturated heterocycles. The Morgan fingerprint density at radius 1 is 1.30 bits per heavy atom. The second-order valence-corrected chi connectivity index (χ2v) is 8.83. The van der Waals surface area contributed by atoms with Crippen molar-refractivity contribution in [3.63, 3.8) is 0 Å². The number of pyridine rings is 1. The molecular formula is C26H30N4O3. The van der Waals surface area contributed by atoms with Gasteiger partial charge in [0.2, 0.25) is 5.91 Å². The average molecular weight is 447 g/mol. The zero-order valence-corrected chi connectivity index (χ0v) is 19.7. The Kier molecular flexibility index (Phi) is 6.66. The predicted molar refractivity (Wildman–Crippen MR) is 128 cm³/mol. The number of anilines is 1. The SMILES string of the molecule is COCCC(=O)N1CCN(c2nc(C(C)C)c(-c3cc4ccccc4o3)cc2C#N)C[C@H]1C. The number of furan rings is 1. The molecule has 3 heterocycles. The number of nitrogens with zero attached hydrogens (tertiary/aromatic N) is 4. The number of carbonyl (C=O) groups is 1. The lowest BCUT2D eigenvalue weighted by atomic mass is 9.99. The van der Waals surface area contributed by atoms with Crippen LogP contribution < -0.4 is 4.90 Å². The summed E-state index contributed by atoms with van der Waals surface area (Å²) in [6.45, 7) is 8.51. The van der Waals surface area contributed by atoms with Crippen molar-refractivity contribution >= 4 is 22.7 Å². The smallest absolute Gasteiger partial charge is 0.225 e. The predicted octanol–water partition coefficient (Wildman–Crippen LogP) is 4.56. The van der Waals surface area contributed by atoms with Crippen LogP contribution in [0, 0.1) is 11.3 Å². The first-order valence-electron chi connectivity index (χ1n) is 11.4. The Morgan fingerprint density at radius 2 is 2.09 bits per heavy atom. The van der Waals surface area contributed by atoms with Gasteiger partial charge >= 0.3 is 0 Å². The molecule has 0 saturated carbocycles. The number of aromatic nitrogens is 1. The summed E-state index contributed by atoms with van der Waals surface area (Å²) in [5.74, 6) is 1.64. The molecule has 7 heteroatoms. The molecule has 1 aliphatic rings. The number of hydrogen-bond acceptors (Lipinski definition) is 6. The van der Waals surface area contributed by atoms with Gasteiger partial charge in [-0.2, -0.15) is 5.26 Å². The maximum Gasteiger partial charge on any atom is 0.225 e. The number of piperazine rings is 1. The largest absolute Gasteiger partial charge is 0.456 e. The summed E-state index contributed by atoms with van der Waals surface area (Å²) in [6, 6.07) is 14.1. The minimum Gasteiger partial charge on any atom is -0.456 e. The number of para-hydroxylation sites is 1. The third-order valence-electron chi connectivity index (χ3n) is 6.16. The van der Waals surface area contributed by atoms with E-state index >= 15 is 0 Å². The van der Waals surface area contributed by atoms with Gasteiger partial charge < -0.3 is 19.0 Å². The monoisotopic (exact) mass is 446 g/mol. The van der Waals surface area contributed by atoms with E-state index in [-0.39, 0.29) is 17.9 Å². The topological polar surface area (TPSA) is 82.6 Å². The van der Waals surface area contributed by atoms with E-state index in [9.17, 15) is 10.1 Å². The molecule has 1 fully saturated rings.